The lowest BCUT2D eigenvalue weighted by Gasteiger charge is -2.38. The quantitative estimate of drug-likeness (QED) is 0.684. The van der Waals surface area contributed by atoms with Gasteiger partial charge in [0.2, 0.25) is 0 Å². The Labute approximate surface area is 123 Å². The summed E-state index contributed by atoms with van der Waals surface area (Å²) in [6.45, 7) is 12.3. The van der Waals surface area contributed by atoms with Crippen LogP contribution in [0.2, 0.25) is 0 Å². The number of likely N-dealkylation sites (N-methyl/N-ethyl adjacent to an activating group) is 1. The van der Waals surface area contributed by atoms with Crippen LogP contribution in [0.15, 0.2) is 0 Å². The van der Waals surface area contributed by atoms with Gasteiger partial charge in [0.1, 0.15) is 5.54 Å². The predicted octanol–water partition coefficient (Wildman–Crippen LogP) is 1.42. The highest BCUT2D eigenvalue weighted by molar-refractivity contribution is 5.80. The van der Waals surface area contributed by atoms with Crippen LogP contribution in [-0.2, 0) is 14.3 Å². The summed E-state index contributed by atoms with van der Waals surface area (Å²) in [4.78, 5) is 14.5. The van der Waals surface area contributed by atoms with Crippen LogP contribution in [0.3, 0.4) is 0 Å². The van der Waals surface area contributed by atoms with Crippen LogP contribution in [0, 0.1) is 0 Å². The molecule has 5 nitrogen and oxygen atoms in total. The summed E-state index contributed by atoms with van der Waals surface area (Å²) >= 11 is 0. The van der Waals surface area contributed by atoms with Crippen LogP contribution < -0.4 is 5.32 Å². The van der Waals surface area contributed by atoms with Crippen molar-refractivity contribution in [3.63, 3.8) is 0 Å². The number of piperidine rings is 1. The fourth-order valence-corrected chi connectivity index (χ4v) is 2.85. The second kappa shape index (κ2) is 8.60. The van der Waals surface area contributed by atoms with Crippen molar-refractivity contribution in [1.82, 2.24) is 10.2 Å². The lowest BCUT2D eigenvalue weighted by molar-refractivity contribution is -0.151. The van der Waals surface area contributed by atoms with Gasteiger partial charge in [-0.15, -0.1) is 0 Å². The molecule has 1 heterocycles. The minimum atomic E-state index is -0.640. The molecule has 118 valence electrons. The van der Waals surface area contributed by atoms with Crippen LogP contribution in [0.1, 0.15) is 40.5 Å². The van der Waals surface area contributed by atoms with Crippen LogP contribution in [0.5, 0.6) is 0 Å². The molecule has 0 amide bonds. The maximum absolute atomic E-state index is 12.2. The van der Waals surface area contributed by atoms with Gasteiger partial charge < -0.3 is 14.8 Å². The monoisotopic (exact) mass is 286 g/mol. The van der Waals surface area contributed by atoms with Gasteiger partial charge in [0, 0.05) is 19.7 Å². The van der Waals surface area contributed by atoms with Crippen molar-refractivity contribution in [1.29, 1.82) is 0 Å². The summed E-state index contributed by atoms with van der Waals surface area (Å²) in [6, 6.07) is 0. The van der Waals surface area contributed by atoms with Crippen molar-refractivity contribution in [3.05, 3.63) is 0 Å². The Morgan fingerprint density at radius 1 is 1.35 bits per heavy atom. The molecule has 1 aliphatic heterocycles. The van der Waals surface area contributed by atoms with Gasteiger partial charge in [0.05, 0.1) is 12.7 Å². The van der Waals surface area contributed by atoms with E-state index in [4.69, 9.17) is 9.47 Å². The molecule has 0 aromatic rings. The van der Waals surface area contributed by atoms with E-state index in [2.05, 4.69) is 10.2 Å². The maximum Gasteiger partial charge on any atom is 0.327 e. The molecule has 0 bridgehead atoms. The molecule has 0 aromatic heterocycles. The summed E-state index contributed by atoms with van der Waals surface area (Å²) in [5.74, 6) is -0.166. The standard InChI is InChI=1S/C15H30N2O3/c1-5-16-15(4,14(18)20-7-3)12-17-10-8-9-13(11-17)19-6-2/h13,16H,5-12H2,1-4H3. The first-order chi connectivity index (χ1) is 9.55. The molecule has 0 aromatic carbocycles. The molecule has 2 unspecified atom stereocenters. The molecule has 1 N–H and O–H groups in total. The van der Waals surface area contributed by atoms with Crippen molar-refractivity contribution in [2.24, 2.45) is 0 Å². The molecule has 20 heavy (non-hydrogen) atoms. The smallest absolute Gasteiger partial charge is 0.327 e. The van der Waals surface area contributed by atoms with Gasteiger partial charge in [-0.25, -0.2) is 0 Å². The summed E-state index contributed by atoms with van der Waals surface area (Å²) in [5.41, 5.74) is -0.640. The first-order valence-corrected chi connectivity index (χ1v) is 7.81. The Bertz CT molecular complexity index is 297. The average Bonchev–Trinajstić information content (AvgIpc) is 2.40. The van der Waals surface area contributed by atoms with E-state index in [0.29, 0.717) is 19.3 Å². The number of nitrogens with one attached hydrogen (secondary N) is 1. The molecule has 1 saturated heterocycles. The zero-order valence-electron chi connectivity index (χ0n) is 13.4. The van der Waals surface area contributed by atoms with E-state index < -0.39 is 5.54 Å². The van der Waals surface area contributed by atoms with E-state index in [0.717, 1.165) is 39.1 Å². The third kappa shape index (κ3) is 5.04. The van der Waals surface area contributed by atoms with Crippen LogP contribution in [0.25, 0.3) is 0 Å². The molecule has 0 saturated carbocycles. The van der Waals surface area contributed by atoms with Gasteiger partial charge in [-0.05, 0) is 46.7 Å². The summed E-state index contributed by atoms with van der Waals surface area (Å²) in [5, 5.41) is 3.28. The van der Waals surface area contributed by atoms with E-state index in [1.54, 1.807) is 0 Å². The minimum Gasteiger partial charge on any atom is -0.465 e. The largest absolute Gasteiger partial charge is 0.465 e. The molecule has 0 aliphatic carbocycles. The molecule has 1 aliphatic rings. The number of likely N-dealkylation sites (tertiary alicyclic amines) is 1. The predicted molar refractivity (Wildman–Crippen MR) is 79.8 cm³/mol. The van der Waals surface area contributed by atoms with Crippen molar-refractivity contribution in [3.8, 4) is 0 Å². The van der Waals surface area contributed by atoms with Crippen molar-refractivity contribution in [2.75, 3.05) is 39.4 Å². The maximum atomic E-state index is 12.2. The van der Waals surface area contributed by atoms with Crippen LogP contribution in [0.4, 0.5) is 0 Å². The zero-order chi connectivity index (χ0) is 15.0. The molecule has 0 spiro atoms. The number of hydrogen-bond acceptors (Lipinski definition) is 5. The molecule has 2 atom stereocenters. The van der Waals surface area contributed by atoms with Gasteiger partial charge in [0.15, 0.2) is 0 Å². The van der Waals surface area contributed by atoms with E-state index in [1.807, 2.05) is 27.7 Å². The molecule has 1 fully saturated rings. The van der Waals surface area contributed by atoms with Gasteiger partial charge in [-0.2, -0.15) is 0 Å². The number of hydrogen-bond donors (Lipinski definition) is 1. The number of carbonyl (C=O) groups is 1. The second-order valence-corrected chi connectivity index (χ2v) is 5.54. The molecule has 1 rings (SSSR count). The van der Waals surface area contributed by atoms with Gasteiger partial charge in [-0.3, -0.25) is 9.69 Å². The zero-order valence-corrected chi connectivity index (χ0v) is 13.4. The highest BCUT2D eigenvalue weighted by Gasteiger charge is 2.37. The summed E-state index contributed by atoms with van der Waals surface area (Å²) in [7, 11) is 0. The lowest BCUT2D eigenvalue weighted by atomic mass is 9.99. The van der Waals surface area contributed by atoms with Crippen LogP contribution in [-0.4, -0.2) is 61.9 Å². The molecular formula is C15H30N2O3. The van der Waals surface area contributed by atoms with Gasteiger partial charge in [-0.1, -0.05) is 6.92 Å². The van der Waals surface area contributed by atoms with Crippen LogP contribution >= 0.6 is 0 Å². The summed E-state index contributed by atoms with van der Waals surface area (Å²) in [6.07, 6.45) is 2.53. The van der Waals surface area contributed by atoms with Gasteiger partial charge >= 0.3 is 5.97 Å². The Kier molecular flexibility index (Phi) is 7.48. The Hall–Kier alpha value is -0.650. The van der Waals surface area contributed by atoms with Crippen molar-refractivity contribution in [2.45, 2.75) is 52.2 Å². The number of esters is 1. The lowest BCUT2D eigenvalue weighted by Crippen LogP contribution is -2.59. The molecule has 0 radical (unpaired) electrons. The number of nitrogens with zero attached hydrogens (tertiary/aromatic N) is 1. The second-order valence-electron chi connectivity index (χ2n) is 5.54. The highest BCUT2D eigenvalue weighted by atomic mass is 16.5. The fourth-order valence-electron chi connectivity index (χ4n) is 2.85. The molecular weight excluding hydrogens is 256 g/mol. The third-order valence-corrected chi connectivity index (χ3v) is 3.70. The highest BCUT2D eigenvalue weighted by Crippen LogP contribution is 2.17. The van der Waals surface area contributed by atoms with Crippen molar-refractivity contribution >= 4 is 5.97 Å². The van der Waals surface area contributed by atoms with E-state index in [1.165, 1.54) is 0 Å². The summed E-state index contributed by atoms with van der Waals surface area (Å²) < 4.78 is 10.9. The van der Waals surface area contributed by atoms with E-state index in [9.17, 15) is 4.79 Å². The third-order valence-electron chi connectivity index (χ3n) is 3.70. The minimum absolute atomic E-state index is 0.166. The van der Waals surface area contributed by atoms with Gasteiger partial charge in [0.25, 0.3) is 0 Å². The number of rotatable bonds is 8. The van der Waals surface area contributed by atoms with E-state index >= 15 is 0 Å². The SMILES string of the molecule is CCNC(C)(CN1CCCC(OCC)C1)C(=O)OCC. The fraction of sp³-hybridized carbons (Fsp3) is 0.933. The van der Waals surface area contributed by atoms with E-state index in [-0.39, 0.29) is 5.97 Å². The average molecular weight is 286 g/mol. The first-order valence-electron chi connectivity index (χ1n) is 7.81. The Morgan fingerprint density at radius 3 is 2.70 bits per heavy atom. The van der Waals surface area contributed by atoms with Crippen molar-refractivity contribution < 1.29 is 14.3 Å². The normalized spacial score (nSPS) is 23.3. The Morgan fingerprint density at radius 2 is 2.10 bits per heavy atom. The first kappa shape index (κ1) is 17.4. The topological polar surface area (TPSA) is 50.8 Å². The number of carbonyl (C=O) groups excluding carboxylic acids is 1. The Balaban J connectivity index is 2.62. The number of ether oxygens (including phenoxy) is 2. The molecule has 5 heteroatoms.